The Hall–Kier alpha value is -1.31. The van der Waals surface area contributed by atoms with Crippen LogP contribution in [0.25, 0.3) is 0 Å². The predicted octanol–water partition coefficient (Wildman–Crippen LogP) is 1.59. The molecule has 0 spiro atoms. The molecule has 1 aromatic carbocycles. The molecule has 1 fully saturated rings. The minimum atomic E-state index is 0.229. The lowest BCUT2D eigenvalue weighted by Gasteiger charge is -2.41. The van der Waals surface area contributed by atoms with Gasteiger partial charge in [-0.05, 0) is 18.1 Å². The van der Waals surface area contributed by atoms with Gasteiger partial charge in [0.15, 0.2) is 0 Å². The van der Waals surface area contributed by atoms with E-state index >= 15 is 0 Å². The normalized spacial score (nSPS) is 29.6. The van der Waals surface area contributed by atoms with Crippen molar-refractivity contribution >= 4 is 11.6 Å². The van der Waals surface area contributed by atoms with Gasteiger partial charge in [0.1, 0.15) is 0 Å². The number of nitrogens with zero attached hydrogens (tertiary/aromatic N) is 1. The van der Waals surface area contributed by atoms with Gasteiger partial charge in [-0.25, -0.2) is 0 Å². The van der Waals surface area contributed by atoms with Gasteiger partial charge in [-0.3, -0.25) is 4.79 Å². The lowest BCUT2D eigenvalue weighted by atomic mass is 9.89. The number of β-lactam (4-membered cyclic amide) rings is 1. The third-order valence-electron chi connectivity index (χ3n) is 3.22. The van der Waals surface area contributed by atoms with Crippen LogP contribution in [-0.2, 0) is 11.2 Å². The summed E-state index contributed by atoms with van der Waals surface area (Å²) in [4.78, 5) is 13.5. The number of rotatable bonds is 0. The van der Waals surface area contributed by atoms with Crippen LogP contribution in [0.3, 0.4) is 0 Å². The van der Waals surface area contributed by atoms with Crippen LogP contribution in [-0.4, -0.2) is 11.9 Å². The fourth-order valence-electron chi connectivity index (χ4n) is 2.40. The second kappa shape index (κ2) is 2.13. The maximum absolute atomic E-state index is 11.5. The summed E-state index contributed by atoms with van der Waals surface area (Å²) in [6.45, 7) is 2.02. The number of hydrogen-bond acceptors (Lipinski definition) is 1. The first-order valence-electron chi connectivity index (χ1n) is 4.70. The minimum absolute atomic E-state index is 0.229. The molecule has 2 aliphatic heterocycles. The zero-order valence-electron chi connectivity index (χ0n) is 7.53. The first-order chi connectivity index (χ1) is 6.29. The van der Waals surface area contributed by atoms with Gasteiger partial charge in [-0.1, -0.05) is 25.1 Å². The summed E-state index contributed by atoms with van der Waals surface area (Å²) in [6.07, 6.45) is 1.04. The van der Waals surface area contributed by atoms with Gasteiger partial charge in [0.05, 0.1) is 12.0 Å². The molecule has 1 amide bonds. The maximum atomic E-state index is 11.5. The van der Waals surface area contributed by atoms with Crippen molar-refractivity contribution < 1.29 is 4.79 Å². The van der Waals surface area contributed by atoms with Crippen molar-refractivity contribution in [3.05, 3.63) is 29.8 Å². The Morgan fingerprint density at radius 2 is 2.15 bits per heavy atom. The van der Waals surface area contributed by atoms with Gasteiger partial charge in [0.2, 0.25) is 5.91 Å². The van der Waals surface area contributed by atoms with E-state index in [9.17, 15) is 4.79 Å². The van der Waals surface area contributed by atoms with E-state index in [1.54, 1.807) is 0 Å². The Bertz CT molecular complexity index is 385. The highest BCUT2D eigenvalue weighted by Crippen LogP contribution is 2.42. The zero-order chi connectivity index (χ0) is 9.00. The average molecular weight is 173 g/mol. The summed E-state index contributed by atoms with van der Waals surface area (Å²) >= 11 is 0. The molecule has 0 aromatic heterocycles. The number of fused-ring (bicyclic) bond motifs is 3. The van der Waals surface area contributed by atoms with Gasteiger partial charge in [-0.15, -0.1) is 0 Å². The highest BCUT2D eigenvalue weighted by molar-refractivity contribution is 6.05. The number of carbonyl (C=O) groups excluding carboxylic acids is 1. The van der Waals surface area contributed by atoms with Gasteiger partial charge in [0, 0.05) is 5.69 Å². The topological polar surface area (TPSA) is 20.3 Å². The Morgan fingerprint density at radius 1 is 1.38 bits per heavy atom. The fraction of sp³-hybridized carbons (Fsp3) is 0.364. The molecule has 1 saturated heterocycles. The smallest absolute Gasteiger partial charge is 0.232 e. The van der Waals surface area contributed by atoms with Crippen molar-refractivity contribution in [1.82, 2.24) is 0 Å². The molecule has 1 aromatic rings. The molecule has 3 rings (SSSR count). The molecule has 2 aliphatic rings. The van der Waals surface area contributed by atoms with E-state index in [2.05, 4.69) is 6.07 Å². The van der Waals surface area contributed by atoms with Crippen LogP contribution >= 0.6 is 0 Å². The summed E-state index contributed by atoms with van der Waals surface area (Å²) in [7, 11) is 0. The van der Waals surface area contributed by atoms with Crippen LogP contribution < -0.4 is 4.90 Å². The van der Waals surface area contributed by atoms with E-state index < -0.39 is 0 Å². The molecule has 2 nitrogen and oxygen atoms in total. The monoisotopic (exact) mass is 173 g/mol. The summed E-state index contributed by atoms with van der Waals surface area (Å²) < 4.78 is 0. The summed E-state index contributed by atoms with van der Waals surface area (Å²) in [5.41, 5.74) is 2.46. The Balaban J connectivity index is 2.10. The maximum Gasteiger partial charge on any atom is 0.232 e. The minimum Gasteiger partial charge on any atom is -0.308 e. The Kier molecular flexibility index (Phi) is 1.17. The number of amides is 1. The first kappa shape index (κ1) is 7.13. The fourth-order valence-corrected chi connectivity index (χ4v) is 2.40. The van der Waals surface area contributed by atoms with Crippen LogP contribution in [0.2, 0.25) is 0 Å². The summed E-state index contributed by atoms with van der Waals surface area (Å²) in [6, 6.07) is 8.65. The average Bonchev–Trinajstić information content (AvgIpc) is 2.52. The molecule has 0 N–H and O–H groups in total. The van der Waals surface area contributed by atoms with Crippen LogP contribution in [0.1, 0.15) is 12.5 Å². The van der Waals surface area contributed by atoms with Crippen LogP contribution in [0, 0.1) is 5.92 Å². The first-order valence-corrected chi connectivity index (χ1v) is 4.70. The molecule has 0 saturated carbocycles. The van der Waals surface area contributed by atoms with Crippen molar-refractivity contribution in [3.63, 3.8) is 0 Å². The standard InChI is InChI=1S/C11H11NO/c1-7-10-6-8-4-2-3-5-9(8)12(10)11(7)13/h2-5,7,10H,6H2,1H3/t7-,10-/m0/s1. The van der Waals surface area contributed by atoms with Gasteiger partial charge >= 0.3 is 0 Å². The summed E-state index contributed by atoms with van der Waals surface area (Å²) in [5.74, 6) is 0.516. The van der Waals surface area contributed by atoms with Crippen molar-refractivity contribution in [1.29, 1.82) is 0 Å². The van der Waals surface area contributed by atoms with E-state index in [1.165, 1.54) is 5.56 Å². The van der Waals surface area contributed by atoms with Gasteiger partial charge in [0.25, 0.3) is 0 Å². The quantitative estimate of drug-likeness (QED) is 0.546. The van der Waals surface area contributed by atoms with Gasteiger partial charge in [-0.2, -0.15) is 0 Å². The van der Waals surface area contributed by atoms with Crippen LogP contribution in [0.4, 0.5) is 5.69 Å². The number of anilines is 1. The van der Waals surface area contributed by atoms with Crippen molar-refractivity contribution in [2.45, 2.75) is 19.4 Å². The molecule has 2 heterocycles. The number of hydrogen-bond donors (Lipinski definition) is 0. The van der Waals surface area contributed by atoms with E-state index in [0.717, 1.165) is 12.1 Å². The molecule has 13 heavy (non-hydrogen) atoms. The molecule has 0 unspecified atom stereocenters. The predicted molar refractivity (Wildman–Crippen MR) is 50.6 cm³/mol. The third-order valence-corrected chi connectivity index (χ3v) is 3.22. The number of carbonyl (C=O) groups is 1. The Labute approximate surface area is 77.2 Å². The largest absolute Gasteiger partial charge is 0.308 e. The van der Waals surface area contributed by atoms with E-state index in [0.29, 0.717) is 6.04 Å². The molecule has 0 aliphatic carbocycles. The van der Waals surface area contributed by atoms with E-state index in [1.807, 2.05) is 30.0 Å². The lowest BCUT2D eigenvalue weighted by Crippen LogP contribution is -2.58. The third kappa shape index (κ3) is 0.711. The number of benzene rings is 1. The highest BCUT2D eigenvalue weighted by Gasteiger charge is 2.49. The Morgan fingerprint density at radius 3 is 3.00 bits per heavy atom. The zero-order valence-corrected chi connectivity index (χ0v) is 7.53. The molecular formula is C11H11NO. The SMILES string of the molecule is C[C@@H]1C(=O)N2c3ccccc3C[C@@H]12. The van der Waals surface area contributed by atoms with Gasteiger partial charge < -0.3 is 4.90 Å². The molecule has 0 radical (unpaired) electrons. The van der Waals surface area contributed by atoms with Crippen LogP contribution in [0.5, 0.6) is 0 Å². The molecular weight excluding hydrogens is 162 g/mol. The molecule has 2 atom stereocenters. The van der Waals surface area contributed by atoms with E-state index in [-0.39, 0.29) is 11.8 Å². The second-order valence-electron chi connectivity index (χ2n) is 3.90. The lowest BCUT2D eigenvalue weighted by molar-refractivity contribution is -0.128. The molecule has 66 valence electrons. The van der Waals surface area contributed by atoms with Crippen molar-refractivity contribution in [2.24, 2.45) is 5.92 Å². The second-order valence-corrected chi connectivity index (χ2v) is 3.90. The van der Waals surface area contributed by atoms with Crippen LogP contribution in [0.15, 0.2) is 24.3 Å². The summed E-state index contributed by atoms with van der Waals surface area (Å²) in [5, 5.41) is 0. The molecule has 2 heteroatoms. The van der Waals surface area contributed by atoms with Crippen molar-refractivity contribution in [2.75, 3.05) is 4.90 Å². The highest BCUT2D eigenvalue weighted by atomic mass is 16.2. The van der Waals surface area contributed by atoms with E-state index in [4.69, 9.17) is 0 Å². The number of para-hydroxylation sites is 1. The van der Waals surface area contributed by atoms with Crippen molar-refractivity contribution in [3.8, 4) is 0 Å². The molecule has 0 bridgehead atoms.